The van der Waals surface area contributed by atoms with E-state index in [0.717, 1.165) is 25.1 Å². The van der Waals surface area contributed by atoms with Gasteiger partial charge in [-0.3, -0.25) is 9.59 Å². The number of rotatable bonds is 8. The largest absolute Gasteiger partial charge is 0.417 e. The highest BCUT2D eigenvalue weighted by molar-refractivity contribution is 9.11. The number of carbonyl (C=O) groups excluding carboxylic acids is 2. The predicted octanol–water partition coefficient (Wildman–Crippen LogP) is 8.62. The van der Waals surface area contributed by atoms with E-state index in [1.54, 1.807) is 0 Å². The molecule has 1 amide bonds. The van der Waals surface area contributed by atoms with Crippen LogP contribution >= 0.6 is 31.9 Å². The van der Waals surface area contributed by atoms with Crippen LogP contribution in [0.4, 0.5) is 39.5 Å². The monoisotopic (exact) mass is 681 g/mol. The van der Waals surface area contributed by atoms with E-state index in [-0.39, 0.29) is 11.1 Å². The number of carbonyl (C=O) groups is 2. The van der Waals surface area contributed by atoms with E-state index >= 15 is 0 Å². The Bertz CT molecular complexity index is 1180. The van der Waals surface area contributed by atoms with Crippen LogP contribution in [0.15, 0.2) is 51.4 Å². The quantitative estimate of drug-likeness (QED) is 0.284. The third-order valence-corrected chi connectivity index (χ3v) is 5.90. The van der Waals surface area contributed by atoms with Crippen molar-refractivity contribution in [2.75, 3.05) is 0 Å². The molecule has 2 aromatic rings. The average Bonchev–Trinajstić information content (AvgIpc) is 2.69. The van der Waals surface area contributed by atoms with Gasteiger partial charge in [0.1, 0.15) is 12.2 Å². The lowest BCUT2D eigenvalue weighted by Crippen LogP contribution is -2.36. The molecule has 0 aliphatic heterocycles. The zero-order valence-corrected chi connectivity index (χ0v) is 22.3. The summed E-state index contributed by atoms with van der Waals surface area (Å²) in [5.41, 5.74) is -2.85. The molecular formula is C24H18Br2F9NO2. The van der Waals surface area contributed by atoms with Crippen molar-refractivity contribution in [1.82, 2.24) is 5.32 Å². The molecule has 14 heteroatoms. The van der Waals surface area contributed by atoms with Gasteiger partial charge in [0.15, 0.2) is 0 Å². The molecule has 0 saturated carbocycles. The van der Waals surface area contributed by atoms with E-state index in [9.17, 15) is 49.1 Å². The van der Waals surface area contributed by atoms with Crippen LogP contribution in [0.2, 0.25) is 0 Å². The van der Waals surface area contributed by atoms with Crippen LogP contribution < -0.4 is 5.32 Å². The summed E-state index contributed by atoms with van der Waals surface area (Å²) in [4.78, 5) is 23.9. The number of allylic oxidation sites excluding steroid dienone is 1. The molecule has 0 fully saturated rings. The third kappa shape index (κ3) is 9.75. The highest BCUT2D eigenvalue weighted by atomic mass is 79.9. The number of nitrogens with one attached hydrogen (secondary N) is 1. The number of hydrogen-bond acceptors (Lipinski definition) is 2. The maximum absolute atomic E-state index is 13.7. The molecule has 2 aromatic carbocycles. The molecule has 0 aromatic heterocycles. The van der Waals surface area contributed by atoms with E-state index in [1.807, 2.05) is 5.32 Å². The average molecular weight is 683 g/mol. The fourth-order valence-electron chi connectivity index (χ4n) is 3.46. The van der Waals surface area contributed by atoms with Crippen molar-refractivity contribution >= 4 is 49.6 Å². The Balaban J connectivity index is 2.34. The van der Waals surface area contributed by atoms with Gasteiger partial charge in [-0.25, -0.2) is 0 Å². The number of halogens is 11. The molecule has 2 atom stereocenters. The Morgan fingerprint density at radius 3 is 2.00 bits per heavy atom. The molecule has 38 heavy (non-hydrogen) atoms. The third-order valence-electron chi connectivity index (χ3n) is 4.98. The van der Waals surface area contributed by atoms with Gasteiger partial charge in [0.05, 0.1) is 17.0 Å². The van der Waals surface area contributed by atoms with Crippen LogP contribution in [-0.2, 0) is 11.0 Å². The second kappa shape index (κ2) is 12.2. The van der Waals surface area contributed by atoms with Crippen LogP contribution in [0.5, 0.6) is 0 Å². The van der Waals surface area contributed by atoms with E-state index in [2.05, 4.69) is 31.9 Å². The molecule has 1 unspecified atom stereocenters. The van der Waals surface area contributed by atoms with E-state index in [1.165, 1.54) is 18.2 Å². The van der Waals surface area contributed by atoms with Crippen LogP contribution in [-0.4, -0.2) is 30.1 Å². The summed E-state index contributed by atoms with van der Waals surface area (Å²) in [6.07, 6.45) is -15.6. The SMILES string of the molecule is C[C@H](CC(=O)CC(F)(F)F)NC(=O)c1ccc(/C=C/C(c2cc(Br)cc(Br)c2)C(F)(F)F)cc1C(F)(F)F. The first-order valence-electron chi connectivity index (χ1n) is 10.6. The lowest BCUT2D eigenvalue weighted by molar-refractivity contribution is -0.152. The first-order valence-corrected chi connectivity index (χ1v) is 12.2. The highest BCUT2D eigenvalue weighted by Gasteiger charge is 2.40. The van der Waals surface area contributed by atoms with Gasteiger partial charge >= 0.3 is 18.5 Å². The summed E-state index contributed by atoms with van der Waals surface area (Å²) in [7, 11) is 0. The number of benzene rings is 2. The van der Waals surface area contributed by atoms with Gasteiger partial charge in [-0.05, 0) is 48.4 Å². The summed E-state index contributed by atoms with van der Waals surface area (Å²) in [5.74, 6) is -4.74. The van der Waals surface area contributed by atoms with Crippen LogP contribution in [0.3, 0.4) is 0 Å². The predicted molar refractivity (Wildman–Crippen MR) is 128 cm³/mol. The molecule has 0 radical (unpaired) electrons. The molecule has 3 nitrogen and oxygen atoms in total. The Hall–Kier alpha value is -2.35. The summed E-state index contributed by atoms with van der Waals surface area (Å²) in [6, 6.07) is 4.92. The highest BCUT2D eigenvalue weighted by Crippen LogP contribution is 2.39. The summed E-state index contributed by atoms with van der Waals surface area (Å²) < 4.78 is 120. The second-order valence-electron chi connectivity index (χ2n) is 8.29. The van der Waals surface area contributed by atoms with Crippen molar-refractivity contribution in [3.63, 3.8) is 0 Å². The molecule has 0 aliphatic rings. The van der Waals surface area contributed by atoms with Crippen molar-refractivity contribution in [3.05, 3.63) is 73.7 Å². The van der Waals surface area contributed by atoms with E-state index < -0.39 is 66.1 Å². The summed E-state index contributed by atoms with van der Waals surface area (Å²) in [5, 5.41) is 2.04. The zero-order chi connectivity index (χ0) is 29.1. The maximum Gasteiger partial charge on any atom is 0.417 e. The first kappa shape index (κ1) is 31.9. The number of ketones is 1. The van der Waals surface area contributed by atoms with Gasteiger partial charge in [0.2, 0.25) is 0 Å². The van der Waals surface area contributed by atoms with Crippen molar-refractivity contribution in [2.24, 2.45) is 0 Å². The van der Waals surface area contributed by atoms with Crippen LogP contribution in [0.1, 0.15) is 52.7 Å². The number of Topliss-reactive ketones (excluding diaryl/α,β-unsaturated/α-hetero) is 1. The number of alkyl halides is 9. The lowest BCUT2D eigenvalue weighted by atomic mass is 9.96. The van der Waals surface area contributed by atoms with Crippen molar-refractivity contribution in [1.29, 1.82) is 0 Å². The van der Waals surface area contributed by atoms with E-state index in [0.29, 0.717) is 21.1 Å². The van der Waals surface area contributed by atoms with E-state index in [4.69, 9.17) is 0 Å². The Labute approximate surface area is 227 Å². The molecule has 2 rings (SSSR count). The van der Waals surface area contributed by atoms with Crippen molar-refractivity contribution < 1.29 is 49.1 Å². The molecule has 0 saturated heterocycles. The van der Waals surface area contributed by atoms with Crippen molar-refractivity contribution in [3.8, 4) is 0 Å². The maximum atomic E-state index is 13.7. The fourth-order valence-corrected chi connectivity index (χ4v) is 4.79. The van der Waals surface area contributed by atoms with Gasteiger partial charge in [0, 0.05) is 21.4 Å². The van der Waals surface area contributed by atoms with Gasteiger partial charge in [-0.1, -0.05) is 50.1 Å². The molecule has 0 spiro atoms. The smallest absolute Gasteiger partial charge is 0.349 e. The van der Waals surface area contributed by atoms with Gasteiger partial charge in [-0.15, -0.1) is 0 Å². The Morgan fingerprint density at radius 1 is 0.921 bits per heavy atom. The standard InChI is InChI=1S/C24H18Br2F9NO2/c1-12(6-17(37)11-22(27,28)29)36-21(38)18-4-2-13(7-20(18)24(33,34)35)3-5-19(23(30,31)32)14-8-15(25)10-16(26)9-14/h2-5,7-10,12,19H,6,11H2,1H3,(H,36,38)/b5-3+/t12-,19?/m1/s1. The summed E-state index contributed by atoms with van der Waals surface area (Å²) >= 11 is 6.17. The summed E-state index contributed by atoms with van der Waals surface area (Å²) in [6.45, 7) is 1.15. The minimum Gasteiger partial charge on any atom is -0.349 e. The number of amides is 1. The first-order chi connectivity index (χ1) is 17.3. The van der Waals surface area contributed by atoms with Crippen molar-refractivity contribution in [2.45, 2.75) is 50.3 Å². The van der Waals surface area contributed by atoms with Gasteiger partial charge in [-0.2, -0.15) is 39.5 Å². The Kier molecular flexibility index (Phi) is 10.3. The zero-order valence-electron chi connectivity index (χ0n) is 19.2. The molecule has 0 aliphatic carbocycles. The molecular weight excluding hydrogens is 665 g/mol. The van der Waals surface area contributed by atoms with Gasteiger partial charge < -0.3 is 5.32 Å². The molecule has 0 bridgehead atoms. The van der Waals surface area contributed by atoms with Crippen LogP contribution in [0, 0.1) is 0 Å². The molecule has 208 valence electrons. The lowest BCUT2D eigenvalue weighted by Gasteiger charge is -2.19. The minimum atomic E-state index is -5.09. The Morgan fingerprint density at radius 2 is 1.50 bits per heavy atom. The normalized spacial score (nSPS) is 14.4. The molecule has 0 heterocycles. The topological polar surface area (TPSA) is 46.2 Å². The molecule has 1 N–H and O–H groups in total. The number of hydrogen-bond donors (Lipinski definition) is 1. The van der Waals surface area contributed by atoms with Gasteiger partial charge in [0.25, 0.3) is 5.91 Å². The minimum absolute atomic E-state index is 0.184. The second-order valence-corrected chi connectivity index (χ2v) is 10.1. The van der Waals surface area contributed by atoms with Crippen LogP contribution in [0.25, 0.3) is 6.08 Å². The fraction of sp³-hybridized carbons (Fsp3) is 0.333.